The van der Waals surface area contributed by atoms with E-state index in [-0.39, 0.29) is 23.4 Å². The second-order valence-corrected chi connectivity index (χ2v) is 6.10. The molecule has 1 aromatic carbocycles. The number of halogens is 4. The summed E-state index contributed by atoms with van der Waals surface area (Å²) >= 11 is 2.99. The summed E-state index contributed by atoms with van der Waals surface area (Å²) in [5.74, 6) is -0.583. The van der Waals surface area contributed by atoms with Crippen LogP contribution in [0.3, 0.4) is 0 Å². The van der Waals surface area contributed by atoms with Crippen molar-refractivity contribution in [1.82, 2.24) is 0 Å². The standard InChI is InChI=1S/C13H14BrF3N2O2/c1-12(6-21-5-10(12)18)11(20)19-9-3-2-7(14)4-8(9)13(15,16)17/h2-4,10H,5-6,18H2,1H3,(H,19,20). The van der Waals surface area contributed by atoms with Crippen LogP contribution < -0.4 is 11.1 Å². The topological polar surface area (TPSA) is 64.3 Å². The number of carbonyl (C=O) groups is 1. The number of ether oxygens (including phenoxy) is 1. The van der Waals surface area contributed by atoms with Crippen molar-refractivity contribution >= 4 is 27.5 Å². The van der Waals surface area contributed by atoms with E-state index in [0.29, 0.717) is 0 Å². The smallest absolute Gasteiger partial charge is 0.379 e. The minimum Gasteiger partial charge on any atom is -0.379 e. The fourth-order valence-corrected chi connectivity index (χ4v) is 2.41. The highest BCUT2D eigenvalue weighted by Crippen LogP contribution is 2.37. The van der Waals surface area contributed by atoms with Crippen LogP contribution in [0.4, 0.5) is 18.9 Å². The highest BCUT2D eigenvalue weighted by Gasteiger charge is 2.45. The maximum absolute atomic E-state index is 13.0. The molecule has 0 saturated carbocycles. The van der Waals surface area contributed by atoms with Crippen molar-refractivity contribution in [3.05, 3.63) is 28.2 Å². The zero-order chi connectivity index (χ0) is 15.8. The molecule has 3 N–H and O–H groups in total. The van der Waals surface area contributed by atoms with E-state index < -0.39 is 29.1 Å². The van der Waals surface area contributed by atoms with Crippen molar-refractivity contribution in [1.29, 1.82) is 0 Å². The predicted octanol–water partition coefficient (Wildman–Crippen LogP) is 2.77. The van der Waals surface area contributed by atoms with Gasteiger partial charge >= 0.3 is 6.18 Å². The van der Waals surface area contributed by atoms with E-state index in [9.17, 15) is 18.0 Å². The lowest BCUT2D eigenvalue weighted by molar-refractivity contribution is -0.137. The summed E-state index contributed by atoms with van der Waals surface area (Å²) in [7, 11) is 0. The molecule has 0 spiro atoms. The Hall–Kier alpha value is -1.12. The molecule has 4 nitrogen and oxygen atoms in total. The number of hydrogen-bond acceptors (Lipinski definition) is 3. The molecule has 0 aromatic heterocycles. The summed E-state index contributed by atoms with van der Waals surface area (Å²) < 4.78 is 44.4. The van der Waals surface area contributed by atoms with Gasteiger partial charge in [-0.25, -0.2) is 0 Å². The molecule has 1 fully saturated rings. The van der Waals surface area contributed by atoms with Crippen LogP contribution in [0.1, 0.15) is 12.5 Å². The number of nitrogens with one attached hydrogen (secondary N) is 1. The van der Waals surface area contributed by atoms with Gasteiger partial charge < -0.3 is 15.8 Å². The lowest BCUT2D eigenvalue weighted by atomic mass is 9.84. The molecule has 21 heavy (non-hydrogen) atoms. The van der Waals surface area contributed by atoms with Crippen LogP contribution in [0.5, 0.6) is 0 Å². The maximum Gasteiger partial charge on any atom is 0.418 e. The quantitative estimate of drug-likeness (QED) is 0.845. The highest BCUT2D eigenvalue weighted by molar-refractivity contribution is 9.10. The molecule has 1 saturated heterocycles. The van der Waals surface area contributed by atoms with Gasteiger partial charge in [-0.15, -0.1) is 0 Å². The number of rotatable bonds is 2. The SMILES string of the molecule is CC1(C(=O)Nc2ccc(Br)cc2C(F)(F)F)COCC1N. The number of benzene rings is 1. The third kappa shape index (κ3) is 3.22. The van der Waals surface area contributed by atoms with Crippen LogP contribution in [0, 0.1) is 5.41 Å². The molecule has 0 bridgehead atoms. The molecule has 116 valence electrons. The highest BCUT2D eigenvalue weighted by atomic mass is 79.9. The fraction of sp³-hybridized carbons (Fsp3) is 0.462. The minimum absolute atomic E-state index is 0.0812. The first kappa shape index (κ1) is 16.3. The Bertz CT molecular complexity index is 565. The first-order valence-corrected chi connectivity index (χ1v) is 6.95. The Kier molecular flexibility index (Phi) is 4.32. The average molecular weight is 367 g/mol. The lowest BCUT2D eigenvalue weighted by Gasteiger charge is -2.26. The first-order valence-electron chi connectivity index (χ1n) is 6.16. The number of hydrogen-bond donors (Lipinski definition) is 2. The van der Waals surface area contributed by atoms with E-state index in [1.807, 2.05) is 0 Å². The van der Waals surface area contributed by atoms with Crippen LogP contribution in [0.25, 0.3) is 0 Å². The Labute approximate surface area is 128 Å². The van der Waals surface area contributed by atoms with Crippen molar-refractivity contribution in [3.63, 3.8) is 0 Å². The summed E-state index contributed by atoms with van der Waals surface area (Å²) in [6.45, 7) is 1.86. The van der Waals surface area contributed by atoms with E-state index in [0.717, 1.165) is 6.07 Å². The van der Waals surface area contributed by atoms with E-state index >= 15 is 0 Å². The van der Waals surface area contributed by atoms with Gasteiger partial charge in [0.05, 0.1) is 29.9 Å². The monoisotopic (exact) mass is 366 g/mol. The van der Waals surface area contributed by atoms with Gasteiger partial charge in [0.15, 0.2) is 0 Å². The molecule has 1 aliphatic rings. The van der Waals surface area contributed by atoms with Crippen LogP contribution in [0.15, 0.2) is 22.7 Å². The molecule has 0 aliphatic carbocycles. The lowest BCUT2D eigenvalue weighted by Crippen LogP contribution is -2.47. The van der Waals surface area contributed by atoms with Gasteiger partial charge in [0, 0.05) is 10.5 Å². The summed E-state index contributed by atoms with van der Waals surface area (Å²) in [4.78, 5) is 12.3. The van der Waals surface area contributed by atoms with Crippen LogP contribution in [-0.2, 0) is 15.7 Å². The van der Waals surface area contributed by atoms with E-state index in [4.69, 9.17) is 10.5 Å². The molecule has 1 heterocycles. The third-order valence-corrected chi connectivity index (χ3v) is 4.06. The largest absolute Gasteiger partial charge is 0.418 e. The summed E-state index contributed by atoms with van der Waals surface area (Å²) in [5, 5.41) is 2.32. The molecule has 1 aliphatic heterocycles. The summed E-state index contributed by atoms with van der Waals surface area (Å²) in [5.41, 5.74) is 3.54. The zero-order valence-electron chi connectivity index (χ0n) is 11.1. The Morgan fingerprint density at radius 3 is 2.71 bits per heavy atom. The number of carbonyl (C=O) groups excluding carboxylic acids is 1. The minimum atomic E-state index is -4.57. The fourth-order valence-electron chi connectivity index (χ4n) is 2.05. The molecule has 8 heteroatoms. The van der Waals surface area contributed by atoms with Crippen LogP contribution in [-0.4, -0.2) is 25.2 Å². The number of alkyl halides is 3. The normalized spacial score (nSPS) is 25.9. The molecule has 1 aromatic rings. The zero-order valence-corrected chi connectivity index (χ0v) is 12.7. The van der Waals surface area contributed by atoms with Gasteiger partial charge in [-0.1, -0.05) is 15.9 Å². The Balaban J connectivity index is 2.30. The molecule has 0 radical (unpaired) electrons. The third-order valence-electron chi connectivity index (χ3n) is 3.57. The number of nitrogens with two attached hydrogens (primary N) is 1. The van der Waals surface area contributed by atoms with Crippen molar-refractivity contribution in [3.8, 4) is 0 Å². The van der Waals surface area contributed by atoms with Crippen molar-refractivity contribution < 1.29 is 22.7 Å². The average Bonchev–Trinajstić information content (AvgIpc) is 2.72. The van der Waals surface area contributed by atoms with E-state index in [2.05, 4.69) is 21.2 Å². The number of anilines is 1. The van der Waals surface area contributed by atoms with Gasteiger partial charge in [0.1, 0.15) is 0 Å². The second kappa shape index (κ2) is 5.58. The van der Waals surface area contributed by atoms with Gasteiger partial charge in [0.25, 0.3) is 0 Å². The van der Waals surface area contributed by atoms with Gasteiger partial charge in [-0.3, -0.25) is 4.79 Å². The second-order valence-electron chi connectivity index (χ2n) is 5.18. The van der Waals surface area contributed by atoms with Crippen LogP contribution in [0.2, 0.25) is 0 Å². The van der Waals surface area contributed by atoms with E-state index in [1.165, 1.54) is 12.1 Å². The number of amides is 1. The molecular formula is C13H14BrF3N2O2. The Morgan fingerprint density at radius 2 is 2.19 bits per heavy atom. The maximum atomic E-state index is 13.0. The summed E-state index contributed by atoms with van der Waals surface area (Å²) in [6.07, 6.45) is -4.57. The first-order chi connectivity index (χ1) is 9.64. The molecule has 1 amide bonds. The van der Waals surface area contributed by atoms with Gasteiger partial charge in [-0.2, -0.15) is 13.2 Å². The van der Waals surface area contributed by atoms with Crippen molar-refractivity contribution in [2.75, 3.05) is 18.5 Å². The summed E-state index contributed by atoms with van der Waals surface area (Å²) in [6, 6.07) is 3.00. The predicted molar refractivity (Wildman–Crippen MR) is 74.7 cm³/mol. The molecular weight excluding hydrogens is 353 g/mol. The van der Waals surface area contributed by atoms with E-state index in [1.54, 1.807) is 6.92 Å². The van der Waals surface area contributed by atoms with Crippen molar-refractivity contribution in [2.24, 2.45) is 11.1 Å². The molecule has 2 atom stereocenters. The molecule has 2 rings (SSSR count). The van der Waals surface area contributed by atoms with Gasteiger partial charge in [0.2, 0.25) is 5.91 Å². The van der Waals surface area contributed by atoms with Gasteiger partial charge in [-0.05, 0) is 25.1 Å². The Morgan fingerprint density at radius 1 is 1.52 bits per heavy atom. The molecule has 2 unspecified atom stereocenters. The van der Waals surface area contributed by atoms with Crippen LogP contribution >= 0.6 is 15.9 Å². The van der Waals surface area contributed by atoms with Crippen molar-refractivity contribution in [2.45, 2.75) is 19.1 Å².